The van der Waals surface area contributed by atoms with Crippen molar-refractivity contribution in [2.45, 2.75) is 38.6 Å². The molecule has 1 aliphatic heterocycles. The molecule has 5 nitrogen and oxygen atoms in total. The zero-order valence-corrected chi connectivity index (χ0v) is 17.3. The summed E-state index contributed by atoms with van der Waals surface area (Å²) in [6.07, 6.45) is 3.12. The summed E-state index contributed by atoms with van der Waals surface area (Å²) in [6.45, 7) is 2.82. The van der Waals surface area contributed by atoms with Crippen molar-refractivity contribution in [1.82, 2.24) is 9.88 Å². The van der Waals surface area contributed by atoms with E-state index in [-0.39, 0.29) is 17.7 Å². The van der Waals surface area contributed by atoms with Crippen molar-refractivity contribution in [3.63, 3.8) is 0 Å². The molecule has 0 unspecified atom stereocenters. The fourth-order valence-electron chi connectivity index (χ4n) is 3.70. The van der Waals surface area contributed by atoms with Gasteiger partial charge in [0.2, 0.25) is 5.91 Å². The molecule has 0 bridgehead atoms. The van der Waals surface area contributed by atoms with Crippen LogP contribution in [0.3, 0.4) is 0 Å². The first-order valence-corrected chi connectivity index (χ1v) is 10.8. The normalized spacial score (nSPS) is 16.3. The lowest BCUT2D eigenvalue weighted by Gasteiger charge is -2.23. The predicted molar refractivity (Wildman–Crippen MR) is 114 cm³/mol. The van der Waals surface area contributed by atoms with Crippen LogP contribution < -0.4 is 4.74 Å². The number of carbonyl (C=O) groups excluding carboxylic acids is 2. The fourth-order valence-corrected chi connectivity index (χ4v) is 4.81. The molecule has 0 radical (unpaired) electrons. The van der Waals surface area contributed by atoms with E-state index in [4.69, 9.17) is 9.72 Å². The Bertz CT molecular complexity index is 979. The quantitative estimate of drug-likeness (QED) is 0.407. The van der Waals surface area contributed by atoms with Crippen LogP contribution in [0.1, 0.15) is 54.0 Å². The summed E-state index contributed by atoms with van der Waals surface area (Å²) in [6, 6.07) is 15.3. The highest BCUT2D eigenvalue weighted by Gasteiger charge is 2.31. The molecule has 1 amide bonds. The Labute approximate surface area is 174 Å². The molecule has 1 aromatic heterocycles. The van der Waals surface area contributed by atoms with Crippen LogP contribution >= 0.6 is 11.3 Å². The van der Waals surface area contributed by atoms with E-state index < -0.39 is 0 Å². The van der Waals surface area contributed by atoms with Crippen molar-refractivity contribution in [2.24, 2.45) is 0 Å². The van der Waals surface area contributed by atoms with Gasteiger partial charge < -0.3 is 9.64 Å². The lowest BCUT2D eigenvalue weighted by molar-refractivity contribution is -0.132. The number of benzene rings is 2. The number of carbonyl (C=O) groups is 2. The van der Waals surface area contributed by atoms with Gasteiger partial charge >= 0.3 is 0 Å². The van der Waals surface area contributed by atoms with Gasteiger partial charge in [-0.1, -0.05) is 12.1 Å². The van der Waals surface area contributed by atoms with Crippen LogP contribution in [0.2, 0.25) is 0 Å². The molecule has 0 aliphatic carbocycles. The zero-order valence-electron chi connectivity index (χ0n) is 16.5. The minimum atomic E-state index is 0.0374. The molecule has 2 heterocycles. The molecule has 1 atom stereocenters. The van der Waals surface area contributed by atoms with Gasteiger partial charge in [0.1, 0.15) is 10.8 Å². The van der Waals surface area contributed by atoms with Crippen LogP contribution in [0.4, 0.5) is 0 Å². The number of thiazole rings is 1. The lowest BCUT2D eigenvalue weighted by atomic mass is 10.1. The molecule has 4 rings (SSSR count). The average Bonchev–Trinajstić information content (AvgIpc) is 3.38. The topological polar surface area (TPSA) is 59.5 Å². The second-order valence-electron chi connectivity index (χ2n) is 7.30. The Kier molecular flexibility index (Phi) is 5.90. The Morgan fingerprint density at radius 3 is 2.72 bits per heavy atom. The van der Waals surface area contributed by atoms with Crippen molar-refractivity contribution in [2.75, 3.05) is 13.2 Å². The highest BCUT2D eigenvalue weighted by atomic mass is 32.1. The Balaban J connectivity index is 1.30. The molecule has 1 saturated heterocycles. The van der Waals surface area contributed by atoms with Crippen LogP contribution in [0, 0.1) is 0 Å². The second kappa shape index (κ2) is 8.74. The molecule has 0 spiro atoms. The first kappa shape index (κ1) is 19.6. The van der Waals surface area contributed by atoms with Gasteiger partial charge in [-0.3, -0.25) is 9.59 Å². The van der Waals surface area contributed by atoms with E-state index in [0.29, 0.717) is 25.0 Å². The Morgan fingerprint density at radius 2 is 1.97 bits per heavy atom. The van der Waals surface area contributed by atoms with Crippen molar-refractivity contribution >= 4 is 33.2 Å². The number of rotatable bonds is 7. The van der Waals surface area contributed by atoms with Gasteiger partial charge in [0.25, 0.3) is 0 Å². The highest BCUT2D eigenvalue weighted by Crippen LogP contribution is 2.36. The molecule has 0 saturated carbocycles. The number of fused-ring (bicyclic) bond motifs is 1. The predicted octanol–water partition coefficient (Wildman–Crippen LogP) is 5.02. The van der Waals surface area contributed by atoms with E-state index in [1.165, 1.54) is 4.70 Å². The van der Waals surface area contributed by atoms with Gasteiger partial charge in [-0.2, -0.15) is 0 Å². The number of para-hydroxylation sites is 1. The van der Waals surface area contributed by atoms with Gasteiger partial charge in [0.15, 0.2) is 5.78 Å². The van der Waals surface area contributed by atoms with Gasteiger partial charge in [-0.15, -0.1) is 11.3 Å². The van der Waals surface area contributed by atoms with E-state index in [1.807, 2.05) is 23.1 Å². The molecule has 6 heteroatoms. The van der Waals surface area contributed by atoms with Crippen LogP contribution in [0.5, 0.6) is 5.75 Å². The van der Waals surface area contributed by atoms with E-state index in [1.54, 1.807) is 42.5 Å². The SMILES string of the molecule is CC(=O)c1ccc(OCCCC(=O)N2CCC[C@@H]2c2nc3ccccc3s2)cc1. The number of aromatic nitrogens is 1. The summed E-state index contributed by atoms with van der Waals surface area (Å²) in [7, 11) is 0. The van der Waals surface area contributed by atoms with Crippen LogP contribution in [0.15, 0.2) is 48.5 Å². The summed E-state index contributed by atoms with van der Waals surface area (Å²) in [5.41, 5.74) is 1.68. The highest BCUT2D eigenvalue weighted by molar-refractivity contribution is 7.18. The van der Waals surface area contributed by atoms with Crippen molar-refractivity contribution in [3.05, 3.63) is 59.1 Å². The molecule has 3 aromatic rings. The average molecular weight is 409 g/mol. The molecule has 1 fully saturated rings. The van der Waals surface area contributed by atoms with Crippen molar-refractivity contribution in [1.29, 1.82) is 0 Å². The van der Waals surface area contributed by atoms with Gasteiger partial charge in [-0.05, 0) is 62.6 Å². The number of hydrogen-bond donors (Lipinski definition) is 0. The first-order valence-electron chi connectivity index (χ1n) is 10.0. The van der Waals surface area contributed by atoms with Gasteiger partial charge in [0.05, 0.1) is 22.9 Å². The number of ether oxygens (including phenoxy) is 1. The number of Topliss-reactive ketones (excluding diaryl/α,β-unsaturated/α-hetero) is 1. The minimum absolute atomic E-state index is 0.0374. The number of amides is 1. The first-order chi connectivity index (χ1) is 14.1. The van der Waals surface area contributed by atoms with E-state index in [2.05, 4.69) is 6.07 Å². The summed E-state index contributed by atoms with van der Waals surface area (Å²) < 4.78 is 6.89. The summed E-state index contributed by atoms with van der Waals surface area (Å²) in [4.78, 5) is 30.8. The van der Waals surface area contributed by atoms with Gasteiger partial charge in [-0.25, -0.2) is 4.98 Å². The lowest BCUT2D eigenvalue weighted by Crippen LogP contribution is -2.30. The smallest absolute Gasteiger partial charge is 0.223 e. The third kappa shape index (κ3) is 4.48. The van der Waals surface area contributed by atoms with Crippen molar-refractivity contribution < 1.29 is 14.3 Å². The standard InChI is InChI=1S/C23H24N2O3S/c1-16(26)17-10-12-18(13-11-17)28-15-5-9-22(27)25-14-4-7-20(25)23-24-19-6-2-3-8-21(19)29-23/h2-3,6,8,10-13,20H,4-5,7,9,14-15H2,1H3/t20-/m1/s1. The van der Waals surface area contributed by atoms with Crippen molar-refractivity contribution in [3.8, 4) is 5.75 Å². The van der Waals surface area contributed by atoms with Gasteiger partial charge in [0, 0.05) is 18.5 Å². The summed E-state index contributed by atoms with van der Waals surface area (Å²) in [5.74, 6) is 0.925. The van der Waals surface area contributed by atoms with Crippen LogP contribution in [-0.2, 0) is 4.79 Å². The number of ketones is 1. The third-order valence-corrected chi connectivity index (χ3v) is 6.37. The fraction of sp³-hybridized carbons (Fsp3) is 0.348. The Hall–Kier alpha value is -2.73. The van der Waals surface area contributed by atoms with E-state index in [0.717, 1.165) is 35.7 Å². The zero-order chi connectivity index (χ0) is 20.2. The molecule has 150 valence electrons. The Morgan fingerprint density at radius 1 is 1.17 bits per heavy atom. The largest absolute Gasteiger partial charge is 0.494 e. The number of hydrogen-bond acceptors (Lipinski definition) is 5. The molecular weight excluding hydrogens is 384 g/mol. The summed E-state index contributed by atoms with van der Waals surface area (Å²) >= 11 is 1.69. The second-order valence-corrected chi connectivity index (χ2v) is 8.36. The summed E-state index contributed by atoms with van der Waals surface area (Å²) in [5, 5.41) is 1.04. The van der Waals surface area contributed by atoms with E-state index in [9.17, 15) is 9.59 Å². The molecular formula is C23H24N2O3S. The molecule has 1 aliphatic rings. The monoisotopic (exact) mass is 408 g/mol. The maximum Gasteiger partial charge on any atom is 0.223 e. The minimum Gasteiger partial charge on any atom is -0.494 e. The molecule has 2 aromatic carbocycles. The third-order valence-electron chi connectivity index (χ3n) is 5.23. The van der Waals surface area contributed by atoms with E-state index >= 15 is 0 Å². The van der Waals surface area contributed by atoms with Crippen LogP contribution in [0.25, 0.3) is 10.2 Å². The maximum absolute atomic E-state index is 12.8. The maximum atomic E-state index is 12.8. The molecule has 29 heavy (non-hydrogen) atoms. The molecule has 0 N–H and O–H groups in total. The van der Waals surface area contributed by atoms with Crippen LogP contribution in [-0.4, -0.2) is 34.7 Å². The number of nitrogens with zero attached hydrogens (tertiary/aromatic N) is 2. The number of likely N-dealkylation sites (tertiary alicyclic amines) is 1.